The summed E-state index contributed by atoms with van der Waals surface area (Å²) in [5, 5.41) is 17.1. The number of nitriles is 1. The zero-order valence-electron chi connectivity index (χ0n) is 19.6. The first-order chi connectivity index (χ1) is 14.9. The van der Waals surface area contributed by atoms with Gasteiger partial charge >= 0.3 is 0 Å². The summed E-state index contributed by atoms with van der Waals surface area (Å²) in [4.78, 5) is 25.6. The Kier molecular flexibility index (Phi) is 6.75. The maximum Gasteiger partial charge on any atom is 0.230 e. The summed E-state index contributed by atoms with van der Waals surface area (Å²) in [6.45, 7) is 9.94. The largest absolute Gasteiger partial charge is 0.497 e. The SMILES string of the molecule is COc1ccc([C@H]2C(C#N)=C(SCC(=O)NC(C)(C)C)NC3=C2C(=O)CC(C)(C)C3)cc1. The molecule has 0 unspecified atom stereocenters. The molecule has 1 aliphatic carbocycles. The molecular formula is C25H31N3O3S. The number of carbonyl (C=O) groups excluding carboxylic acids is 2. The molecular weight excluding hydrogens is 422 g/mol. The number of nitrogens with one attached hydrogen (secondary N) is 2. The van der Waals surface area contributed by atoms with Crippen LogP contribution in [0.1, 0.15) is 58.9 Å². The van der Waals surface area contributed by atoms with E-state index in [2.05, 4.69) is 30.6 Å². The molecule has 3 rings (SSSR count). The average Bonchev–Trinajstić information content (AvgIpc) is 2.69. The van der Waals surface area contributed by atoms with Crippen molar-refractivity contribution in [2.24, 2.45) is 5.41 Å². The van der Waals surface area contributed by atoms with Crippen LogP contribution in [0.25, 0.3) is 0 Å². The fraction of sp³-hybridized carbons (Fsp3) is 0.480. The molecule has 0 saturated carbocycles. The number of benzene rings is 1. The van der Waals surface area contributed by atoms with Crippen molar-refractivity contribution in [2.75, 3.05) is 12.9 Å². The van der Waals surface area contributed by atoms with Crippen molar-refractivity contribution in [3.05, 3.63) is 51.7 Å². The summed E-state index contributed by atoms with van der Waals surface area (Å²) in [6.07, 6.45) is 1.15. The quantitative estimate of drug-likeness (QED) is 0.686. The summed E-state index contributed by atoms with van der Waals surface area (Å²) < 4.78 is 5.27. The zero-order valence-corrected chi connectivity index (χ0v) is 20.4. The topological polar surface area (TPSA) is 91.2 Å². The normalized spacial score (nSPS) is 20.3. The zero-order chi connectivity index (χ0) is 23.7. The second kappa shape index (κ2) is 9.03. The smallest absolute Gasteiger partial charge is 0.230 e. The highest BCUT2D eigenvalue weighted by Crippen LogP contribution is 2.47. The van der Waals surface area contributed by atoms with E-state index in [1.807, 2.05) is 45.0 Å². The number of allylic oxidation sites excluding steroid dienone is 3. The van der Waals surface area contributed by atoms with E-state index in [0.717, 1.165) is 11.3 Å². The van der Waals surface area contributed by atoms with Crippen LogP contribution in [0.3, 0.4) is 0 Å². The molecule has 0 fully saturated rings. The second-order valence-electron chi connectivity index (χ2n) is 10.1. The van der Waals surface area contributed by atoms with Crippen LogP contribution in [0.4, 0.5) is 0 Å². The van der Waals surface area contributed by atoms with Gasteiger partial charge in [-0.1, -0.05) is 37.7 Å². The highest BCUT2D eigenvalue weighted by molar-refractivity contribution is 8.03. The fourth-order valence-electron chi connectivity index (χ4n) is 4.21. The standard InChI is InChI=1S/C25H31N3O3S/c1-24(2,3)28-20(30)14-32-23-17(13-26)21(15-7-9-16(31-6)10-8-15)22-18(27-23)11-25(4,5)12-19(22)29/h7-10,21,27H,11-12,14H2,1-6H3,(H,28,30)/t21-/m0/s1. The van der Waals surface area contributed by atoms with Gasteiger partial charge in [-0.15, -0.1) is 0 Å². The summed E-state index contributed by atoms with van der Waals surface area (Å²) in [7, 11) is 1.60. The second-order valence-corrected chi connectivity index (χ2v) is 11.1. The van der Waals surface area contributed by atoms with Crippen molar-refractivity contribution in [3.8, 4) is 11.8 Å². The van der Waals surface area contributed by atoms with Crippen LogP contribution in [0.2, 0.25) is 0 Å². The van der Waals surface area contributed by atoms with Crippen LogP contribution in [0, 0.1) is 16.7 Å². The number of amides is 1. The molecule has 1 atom stereocenters. The van der Waals surface area contributed by atoms with Crippen molar-refractivity contribution in [3.63, 3.8) is 0 Å². The Hall–Kier alpha value is -2.72. The minimum Gasteiger partial charge on any atom is -0.497 e. The number of hydrogen-bond acceptors (Lipinski definition) is 6. The predicted molar refractivity (Wildman–Crippen MR) is 127 cm³/mol. The number of dihydropyridines is 1. The average molecular weight is 454 g/mol. The molecule has 2 aliphatic rings. The van der Waals surface area contributed by atoms with Crippen LogP contribution in [-0.4, -0.2) is 30.1 Å². The number of thioether (sulfide) groups is 1. The molecule has 1 heterocycles. The van der Waals surface area contributed by atoms with E-state index in [0.29, 0.717) is 34.8 Å². The number of methoxy groups -OCH3 is 1. The Morgan fingerprint density at radius 1 is 1.28 bits per heavy atom. The lowest BCUT2D eigenvalue weighted by atomic mass is 9.69. The molecule has 0 aromatic heterocycles. The number of nitrogens with zero attached hydrogens (tertiary/aromatic N) is 1. The van der Waals surface area contributed by atoms with Gasteiger partial charge in [-0.3, -0.25) is 9.59 Å². The molecule has 2 N–H and O–H groups in total. The molecule has 0 saturated heterocycles. The van der Waals surface area contributed by atoms with Gasteiger partial charge in [0.15, 0.2) is 5.78 Å². The van der Waals surface area contributed by atoms with Crippen molar-refractivity contribution >= 4 is 23.5 Å². The molecule has 32 heavy (non-hydrogen) atoms. The molecule has 1 aromatic carbocycles. The number of Topliss-reactive ketones (excluding diaryl/α,β-unsaturated/α-hetero) is 1. The maximum absolute atomic E-state index is 13.2. The van der Waals surface area contributed by atoms with Crippen LogP contribution in [0.5, 0.6) is 5.75 Å². The van der Waals surface area contributed by atoms with E-state index in [1.165, 1.54) is 11.8 Å². The molecule has 170 valence electrons. The van der Waals surface area contributed by atoms with E-state index in [1.54, 1.807) is 7.11 Å². The van der Waals surface area contributed by atoms with Crippen molar-refractivity contribution in [1.82, 2.24) is 10.6 Å². The molecule has 1 aromatic rings. The number of rotatable bonds is 5. The molecule has 0 radical (unpaired) electrons. The minimum atomic E-state index is -0.459. The van der Waals surface area contributed by atoms with Crippen molar-refractivity contribution in [1.29, 1.82) is 5.26 Å². The number of ether oxygens (including phenoxy) is 1. The predicted octanol–water partition coefficient (Wildman–Crippen LogP) is 4.41. The Bertz CT molecular complexity index is 1020. The van der Waals surface area contributed by atoms with Crippen molar-refractivity contribution in [2.45, 2.75) is 58.9 Å². The molecule has 1 aliphatic heterocycles. The highest BCUT2D eigenvalue weighted by Gasteiger charge is 2.42. The van der Waals surface area contributed by atoms with E-state index in [9.17, 15) is 14.9 Å². The van der Waals surface area contributed by atoms with E-state index in [4.69, 9.17) is 4.74 Å². The third kappa shape index (κ3) is 5.36. The van der Waals surface area contributed by atoms with Gasteiger partial charge in [-0.25, -0.2) is 0 Å². The Labute approximate surface area is 194 Å². The molecule has 0 bridgehead atoms. The third-order valence-electron chi connectivity index (χ3n) is 5.44. The third-order valence-corrected chi connectivity index (χ3v) is 6.46. The minimum absolute atomic E-state index is 0.0619. The maximum atomic E-state index is 13.2. The van der Waals surface area contributed by atoms with Crippen molar-refractivity contribution < 1.29 is 14.3 Å². The molecule has 6 nitrogen and oxygen atoms in total. The first kappa shape index (κ1) is 23.9. The van der Waals surface area contributed by atoms with Crippen LogP contribution >= 0.6 is 11.8 Å². The van der Waals surface area contributed by atoms with E-state index < -0.39 is 5.92 Å². The monoisotopic (exact) mass is 453 g/mol. The first-order valence-electron chi connectivity index (χ1n) is 10.7. The Morgan fingerprint density at radius 3 is 2.50 bits per heavy atom. The Balaban J connectivity index is 2.02. The van der Waals surface area contributed by atoms with Gasteiger partial charge < -0.3 is 15.4 Å². The number of ketones is 1. The van der Waals surface area contributed by atoms with E-state index >= 15 is 0 Å². The van der Waals surface area contributed by atoms with E-state index in [-0.39, 0.29) is 28.4 Å². The van der Waals surface area contributed by atoms with Gasteiger partial charge in [0.25, 0.3) is 0 Å². The summed E-state index contributed by atoms with van der Waals surface area (Å²) in [5.41, 5.74) is 2.35. The summed E-state index contributed by atoms with van der Waals surface area (Å²) in [5.74, 6) is 0.393. The van der Waals surface area contributed by atoms with Crippen LogP contribution in [0.15, 0.2) is 46.1 Å². The van der Waals surface area contributed by atoms with Gasteiger partial charge in [0.2, 0.25) is 5.91 Å². The molecule has 0 spiro atoms. The first-order valence-corrected chi connectivity index (χ1v) is 11.7. The fourth-order valence-corrected chi connectivity index (χ4v) is 5.07. The highest BCUT2D eigenvalue weighted by atomic mass is 32.2. The number of carbonyl (C=O) groups is 2. The van der Waals surface area contributed by atoms with Crippen LogP contribution < -0.4 is 15.4 Å². The molecule has 1 amide bonds. The van der Waals surface area contributed by atoms with Gasteiger partial charge in [0, 0.05) is 23.2 Å². The van der Waals surface area contributed by atoms with Crippen LogP contribution in [-0.2, 0) is 9.59 Å². The Morgan fingerprint density at radius 2 is 1.94 bits per heavy atom. The summed E-state index contributed by atoms with van der Waals surface area (Å²) >= 11 is 1.31. The van der Waals surface area contributed by atoms with Gasteiger partial charge in [-0.2, -0.15) is 5.26 Å². The van der Waals surface area contributed by atoms with Gasteiger partial charge in [0.05, 0.1) is 35.5 Å². The summed E-state index contributed by atoms with van der Waals surface area (Å²) in [6, 6.07) is 9.81. The lowest BCUT2D eigenvalue weighted by Crippen LogP contribution is -2.42. The van der Waals surface area contributed by atoms with Gasteiger partial charge in [-0.05, 0) is 50.3 Å². The lowest BCUT2D eigenvalue weighted by molar-refractivity contribution is -0.120. The molecule has 7 heteroatoms. The van der Waals surface area contributed by atoms with Gasteiger partial charge in [0.1, 0.15) is 5.75 Å². The lowest BCUT2D eigenvalue weighted by Gasteiger charge is -2.39. The number of hydrogen-bond donors (Lipinski definition) is 2.